The van der Waals surface area contributed by atoms with E-state index in [1.807, 2.05) is 16.8 Å². The van der Waals surface area contributed by atoms with E-state index in [1.54, 1.807) is 26.2 Å². The quantitative estimate of drug-likeness (QED) is 0.402. The van der Waals surface area contributed by atoms with Gasteiger partial charge in [-0.15, -0.1) is 5.92 Å². The minimum absolute atomic E-state index is 0.250. The number of rotatable bonds is 8. The highest BCUT2D eigenvalue weighted by atomic mass is 16.5. The Hall–Kier alpha value is -3.66. The van der Waals surface area contributed by atoms with Crippen molar-refractivity contribution in [1.82, 2.24) is 9.78 Å². The first-order valence-corrected chi connectivity index (χ1v) is 9.89. The van der Waals surface area contributed by atoms with Crippen LogP contribution < -0.4 is 18.9 Å². The van der Waals surface area contributed by atoms with Crippen LogP contribution in [0.25, 0.3) is 10.9 Å². The Balaban J connectivity index is 2.27. The molecule has 0 saturated heterocycles. The van der Waals surface area contributed by atoms with E-state index in [0.29, 0.717) is 51.7 Å². The van der Waals surface area contributed by atoms with Crippen LogP contribution >= 0.6 is 0 Å². The maximum atomic E-state index is 13.5. The van der Waals surface area contributed by atoms with Crippen molar-refractivity contribution in [2.45, 2.75) is 26.8 Å². The summed E-state index contributed by atoms with van der Waals surface area (Å²) in [7, 11) is 6.15. The highest BCUT2D eigenvalue weighted by molar-refractivity contribution is 6.16. The Labute approximate surface area is 181 Å². The average molecular weight is 422 g/mol. The van der Waals surface area contributed by atoms with Gasteiger partial charge in [-0.05, 0) is 37.6 Å². The van der Waals surface area contributed by atoms with Crippen LogP contribution in [0.3, 0.4) is 0 Å². The summed E-state index contributed by atoms with van der Waals surface area (Å²) >= 11 is 0. The molecule has 7 heteroatoms. The third-order valence-corrected chi connectivity index (χ3v) is 4.92. The van der Waals surface area contributed by atoms with Gasteiger partial charge in [-0.25, -0.2) is 0 Å². The summed E-state index contributed by atoms with van der Waals surface area (Å²) in [4.78, 5) is 13.5. The van der Waals surface area contributed by atoms with E-state index in [4.69, 9.17) is 18.9 Å². The molecule has 0 aliphatic carbocycles. The minimum atomic E-state index is -0.250. The van der Waals surface area contributed by atoms with Gasteiger partial charge in [0.2, 0.25) is 11.5 Å². The maximum absolute atomic E-state index is 13.5. The molecule has 0 aliphatic heterocycles. The standard InChI is InChI=1S/C24H26N2O5/c1-7-9-16-18(28-3)11-10-17-21(25-26(12-8-2)22(16)17)23(27)15-13-19(29-4)24(31-6)20(14-15)30-5/h10-11,13-14H,8,12H2,1-6H3. The summed E-state index contributed by atoms with van der Waals surface area (Å²) in [5, 5.41) is 5.37. The maximum Gasteiger partial charge on any atom is 0.214 e. The number of hydrogen-bond acceptors (Lipinski definition) is 6. The summed E-state index contributed by atoms with van der Waals surface area (Å²) in [6.45, 7) is 4.46. The number of benzene rings is 2. The summed E-state index contributed by atoms with van der Waals surface area (Å²) in [6, 6.07) is 6.92. The zero-order chi connectivity index (χ0) is 22.5. The first kappa shape index (κ1) is 22.0. The van der Waals surface area contributed by atoms with Crippen molar-refractivity contribution in [3.63, 3.8) is 0 Å². The normalized spacial score (nSPS) is 10.4. The molecule has 0 N–H and O–H groups in total. The smallest absolute Gasteiger partial charge is 0.214 e. The Kier molecular flexibility index (Phi) is 6.71. The second-order valence-corrected chi connectivity index (χ2v) is 6.73. The van der Waals surface area contributed by atoms with E-state index in [0.717, 1.165) is 11.9 Å². The molecule has 0 bridgehead atoms. The van der Waals surface area contributed by atoms with Gasteiger partial charge in [-0.2, -0.15) is 5.10 Å². The summed E-state index contributed by atoms with van der Waals surface area (Å²) in [6.07, 6.45) is 0.852. The number of carbonyl (C=O) groups excluding carboxylic acids is 1. The molecule has 3 aromatic rings. The fraction of sp³-hybridized carbons (Fsp3) is 0.333. The van der Waals surface area contributed by atoms with Gasteiger partial charge >= 0.3 is 0 Å². The largest absolute Gasteiger partial charge is 0.495 e. The Morgan fingerprint density at radius 3 is 2.16 bits per heavy atom. The molecule has 1 heterocycles. The van der Waals surface area contributed by atoms with Crippen LogP contribution in [0.4, 0.5) is 0 Å². The molecule has 0 atom stereocenters. The first-order valence-electron chi connectivity index (χ1n) is 9.89. The van der Waals surface area contributed by atoms with Crippen molar-refractivity contribution >= 4 is 16.7 Å². The zero-order valence-electron chi connectivity index (χ0n) is 18.7. The molecular formula is C24H26N2O5. The molecule has 0 radical (unpaired) electrons. The van der Waals surface area contributed by atoms with Crippen LogP contribution in [-0.4, -0.2) is 44.0 Å². The highest BCUT2D eigenvalue weighted by Crippen LogP contribution is 2.39. The van der Waals surface area contributed by atoms with Gasteiger partial charge in [0, 0.05) is 17.5 Å². The molecule has 0 fully saturated rings. The lowest BCUT2D eigenvalue weighted by atomic mass is 10.0. The van der Waals surface area contributed by atoms with E-state index in [9.17, 15) is 4.79 Å². The lowest BCUT2D eigenvalue weighted by Crippen LogP contribution is -2.07. The van der Waals surface area contributed by atoms with Crippen LogP contribution in [-0.2, 0) is 6.54 Å². The molecule has 0 amide bonds. The SMILES string of the molecule is CC#Cc1c(OC)ccc2c(C(=O)c3cc(OC)c(OC)c(OC)c3)nn(CCC)c12. The zero-order valence-corrected chi connectivity index (χ0v) is 18.7. The molecule has 1 aromatic heterocycles. The van der Waals surface area contributed by atoms with Gasteiger partial charge in [0.15, 0.2) is 11.5 Å². The van der Waals surface area contributed by atoms with Crippen molar-refractivity contribution in [2.75, 3.05) is 28.4 Å². The lowest BCUT2D eigenvalue weighted by molar-refractivity contribution is 0.103. The van der Waals surface area contributed by atoms with Crippen molar-refractivity contribution in [3.8, 4) is 34.8 Å². The fourth-order valence-corrected chi connectivity index (χ4v) is 3.56. The van der Waals surface area contributed by atoms with Crippen molar-refractivity contribution in [2.24, 2.45) is 0 Å². The highest BCUT2D eigenvalue weighted by Gasteiger charge is 2.24. The Morgan fingerprint density at radius 2 is 1.65 bits per heavy atom. The van der Waals surface area contributed by atoms with Crippen LogP contribution in [0.2, 0.25) is 0 Å². The number of fused-ring (bicyclic) bond motifs is 1. The molecule has 2 aromatic carbocycles. The minimum Gasteiger partial charge on any atom is -0.495 e. The predicted octanol–water partition coefficient (Wildman–Crippen LogP) is 4.08. The van der Waals surface area contributed by atoms with Crippen molar-refractivity contribution in [3.05, 3.63) is 41.1 Å². The Morgan fingerprint density at radius 1 is 1.00 bits per heavy atom. The van der Waals surface area contributed by atoms with E-state index < -0.39 is 0 Å². The van der Waals surface area contributed by atoms with Gasteiger partial charge in [-0.3, -0.25) is 9.48 Å². The number of aromatic nitrogens is 2. The van der Waals surface area contributed by atoms with Gasteiger partial charge in [0.25, 0.3) is 0 Å². The average Bonchev–Trinajstić information content (AvgIpc) is 3.16. The van der Waals surface area contributed by atoms with Gasteiger partial charge < -0.3 is 18.9 Å². The second kappa shape index (κ2) is 9.43. The van der Waals surface area contributed by atoms with E-state index in [-0.39, 0.29) is 5.78 Å². The van der Waals surface area contributed by atoms with Crippen LogP contribution in [0.5, 0.6) is 23.0 Å². The number of hydrogen-bond donors (Lipinski definition) is 0. The molecule has 0 aliphatic rings. The summed E-state index contributed by atoms with van der Waals surface area (Å²) < 4.78 is 23.5. The Bertz CT molecular complexity index is 1160. The van der Waals surface area contributed by atoms with Crippen LogP contribution in [0, 0.1) is 11.8 Å². The van der Waals surface area contributed by atoms with Crippen LogP contribution in [0.15, 0.2) is 24.3 Å². The second-order valence-electron chi connectivity index (χ2n) is 6.73. The third-order valence-electron chi connectivity index (χ3n) is 4.92. The summed E-state index contributed by atoms with van der Waals surface area (Å²) in [5.41, 5.74) is 2.22. The number of ether oxygens (including phenoxy) is 4. The van der Waals surface area contributed by atoms with Crippen molar-refractivity contribution < 1.29 is 23.7 Å². The van der Waals surface area contributed by atoms with Gasteiger partial charge in [-0.1, -0.05) is 12.8 Å². The molecule has 0 unspecified atom stereocenters. The molecule has 162 valence electrons. The predicted molar refractivity (Wildman–Crippen MR) is 119 cm³/mol. The number of ketones is 1. The van der Waals surface area contributed by atoms with E-state index in [2.05, 4.69) is 23.9 Å². The number of carbonyl (C=O) groups is 1. The molecular weight excluding hydrogens is 396 g/mol. The van der Waals surface area contributed by atoms with E-state index in [1.165, 1.54) is 21.3 Å². The third kappa shape index (κ3) is 3.89. The molecule has 7 nitrogen and oxygen atoms in total. The lowest BCUT2D eigenvalue weighted by Gasteiger charge is -2.13. The summed E-state index contributed by atoms with van der Waals surface area (Å²) in [5.74, 6) is 7.67. The number of methoxy groups -OCH3 is 4. The fourth-order valence-electron chi connectivity index (χ4n) is 3.56. The topological polar surface area (TPSA) is 71.8 Å². The van der Waals surface area contributed by atoms with Crippen molar-refractivity contribution in [1.29, 1.82) is 0 Å². The number of nitrogens with zero attached hydrogens (tertiary/aromatic N) is 2. The first-order chi connectivity index (χ1) is 15.0. The van der Waals surface area contributed by atoms with Crippen LogP contribution in [0.1, 0.15) is 41.9 Å². The van der Waals surface area contributed by atoms with Gasteiger partial charge in [0.1, 0.15) is 11.4 Å². The molecule has 3 rings (SSSR count). The monoisotopic (exact) mass is 422 g/mol. The molecule has 0 saturated carbocycles. The van der Waals surface area contributed by atoms with Gasteiger partial charge in [0.05, 0.1) is 39.5 Å². The van der Waals surface area contributed by atoms with E-state index >= 15 is 0 Å². The molecule has 0 spiro atoms. The number of aryl methyl sites for hydroxylation is 1. The molecule has 31 heavy (non-hydrogen) atoms.